The average molecular weight is 591 g/mol. The number of amides is 1. The van der Waals surface area contributed by atoms with E-state index < -0.39 is 0 Å². The standard InChI is InChI=1S/C37H46N6O/c1-4-12-28(13-5-2)24-36(44)43-22-8-6-7-17-32(43)26-35-40-27-34(41-35)31-15-9-14-30(25-31)29-16-10-21-39-37(42(3)23-19-29)33-18-11-20-38-33/h4-5,9-10,12-16,19,21,23,25,27,32-33,38H,1,6-8,11,17-18,20,22,24,26H2,2-3H3,(H,40,41)/b13-5-,21-10?,23-19?,28-12+,29-16?,39-37?/t32-,33-/m0/s1. The number of nitrogens with zero attached hydrogens (tertiary/aromatic N) is 4. The first-order chi connectivity index (χ1) is 21.6. The fourth-order valence-corrected chi connectivity index (χ4v) is 6.35. The summed E-state index contributed by atoms with van der Waals surface area (Å²) in [4.78, 5) is 28.7. The van der Waals surface area contributed by atoms with Gasteiger partial charge in [-0.15, -0.1) is 0 Å². The number of rotatable bonds is 9. The van der Waals surface area contributed by atoms with Crippen molar-refractivity contribution in [2.24, 2.45) is 7.05 Å². The highest BCUT2D eigenvalue weighted by Crippen LogP contribution is 2.27. The molecule has 2 atom stereocenters. The van der Waals surface area contributed by atoms with E-state index in [4.69, 9.17) is 9.97 Å². The smallest absolute Gasteiger partial charge is 0.227 e. The fraction of sp³-hybridized carbons (Fsp3) is 0.378. The van der Waals surface area contributed by atoms with Crippen LogP contribution in [0.15, 0.2) is 97.5 Å². The number of carbonyl (C=O) groups excluding carboxylic acids is 1. The van der Waals surface area contributed by atoms with Gasteiger partial charge in [0, 0.05) is 44.0 Å². The third-order valence-corrected chi connectivity index (χ3v) is 8.61. The van der Waals surface area contributed by atoms with Gasteiger partial charge in [-0.2, -0.15) is 0 Å². The lowest BCUT2D eigenvalue weighted by molar-refractivity contribution is -0.132. The molecule has 2 aromatic heterocycles. The summed E-state index contributed by atoms with van der Waals surface area (Å²) in [5.74, 6) is 2.14. The maximum Gasteiger partial charge on any atom is 0.227 e. The van der Waals surface area contributed by atoms with Crippen molar-refractivity contribution in [1.29, 1.82) is 0 Å². The quantitative estimate of drug-likeness (QED) is 0.254. The van der Waals surface area contributed by atoms with Crippen molar-refractivity contribution in [2.75, 3.05) is 13.1 Å². The van der Waals surface area contributed by atoms with Crippen LogP contribution in [-0.2, 0) is 18.3 Å². The summed E-state index contributed by atoms with van der Waals surface area (Å²) in [6.45, 7) is 7.63. The lowest BCUT2D eigenvalue weighted by Crippen LogP contribution is -2.41. The maximum atomic E-state index is 13.5. The molecule has 7 heteroatoms. The third kappa shape index (κ3) is 8.03. The molecule has 0 bridgehead atoms. The molecule has 0 saturated carbocycles. The predicted octanol–water partition coefficient (Wildman–Crippen LogP) is 7.42. The minimum absolute atomic E-state index is 0.135. The van der Waals surface area contributed by atoms with Gasteiger partial charge in [-0.1, -0.05) is 68.0 Å². The number of aromatic nitrogens is 4. The van der Waals surface area contributed by atoms with Gasteiger partial charge in [0.15, 0.2) is 0 Å². The summed E-state index contributed by atoms with van der Waals surface area (Å²) >= 11 is 0. The van der Waals surface area contributed by atoms with Crippen LogP contribution in [0, 0.1) is 0 Å². The lowest BCUT2D eigenvalue weighted by atomic mass is 10.0. The summed E-state index contributed by atoms with van der Waals surface area (Å²) in [5, 5.41) is 3.56. The Morgan fingerprint density at radius 1 is 1.05 bits per heavy atom. The van der Waals surface area contributed by atoms with Crippen molar-refractivity contribution in [1.82, 2.24) is 29.7 Å². The number of allylic oxidation sites excluding steroid dienone is 4. The highest BCUT2D eigenvalue weighted by Gasteiger charge is 2.27. The Morgan fingerprint density at radius 3 is 2.73 bits per heavy atom. The maximum absolute atomic E-state index is 13.5. The molecule has 5 rings (SSSR count). The molecule has 7 nitrogen and oxygen atoms in total. The summed E-state index contributed by atoms with van der Waals surface area (Å²) in [7, 11) is 2.07. The first kappa shape index (κ1) is 31.2. The number of H-pyrrole nitrogens is 1. The molecule has 2 N–H and O–H groups in total. The van der Waals surface area contributed by atoms with Crippen molar-refractivity contribution in [3.05, 3.63) is 109 Å². The Labute approximate surface area is 262 Å². The molecule has 2 saturated heterocycles. The topological polar surface area (TPSA) is 78.8 Å². The van der Waals surface area contributed by atoms with E-state index in [2.05, 4.69) is 76.0 Å². The molecule has 230 valence electrons. The highest BCUT2D eigenvalue weighted by atomic mass is 16.2. The van der Waals surface area contributed by atoms with E-state index in [0.29, 0.717) is 12.5 Å². The Balaban J connectivity index is 1.34. The summed E-state index contributed by atoms with van der Waals surface area (Å²) in [5.41, 5.74) is 5.29. The molecule has 3 aromatic rings. The molecule has 0 spiro atoms. The molecular weight excluding hydrogens is 544 g/mol. The number of nitrogens with one attached hydrogen (secondary N) is 2. The minimum Gasteiger partial charge on any atom is -0.342 e. The van der Waals surface area contributed by atoms with Crippen LogP contribution in [-0.4, -0.2) is 49.5 Å². The minimum atomic E-state index is 0.135. The van der Waals surface area contributed by atoms with Gasteiger partial charge >= 0.3 is 0 Å². The van der Waals surface area contributed by atoms with E-state index in [1.165, 1.54) is 6.42 Å². The molecule has 2 fully saturated rings. The van der Waals surface area contributed by atoms with Gasteiger partial charge < -0.3 is 19.8 Å². The van der Waals surface area contributed by atoms with Gasteiger partial charge in [0.1, 0.15) is 11.6 Å². The van der Waals surface area contributed by atoms with Crippen LogP contribution in [0.3, 0.4) is 0 Å². The second kappa shape index (κ2) is 15.5. The van der Waals surface area contributed by atoms with Crippen molar-refractivity contribution >= 4 is 5.91 Å². The molecule has 2 aliphatic rings. The van der Waals surface area contributed by atoms with Gasteiger partial charge in [-0.3, -0.25) is 4.79 Å². The molecule has 1 aromatic carbocycles. The SMILES string of the molecule is C=C/C=C(\C=C/C)CC(=O)N1CCCCC[C@H]1Cc1ncc(-c2cccc(-c3cccnc([C@@H]4CCCN4)n(C)cc3)c2)[nH]1. The number of imidazole rings is 1. The largest absolute Gasteiger partial charge is 0.342 e. The Morgan fingerprint density at radius 2 is 1.91 bits per heavy atom. The van der Waals surface area contributed by atoms with Crippen molar-refractivity contribution in [3.8, 4) is 22.4 Å². The Bertz CT molecular complexity index is 1540. The first-order valence-electron chi connectivity index (χ1n) is 16.0. The Kier molecular flexibility index (Phi) is 11.0. The number of hydrogen-bond donors (Lipinski definition) is 2. The predicted molar refractivity (Wildman–Crippen MR) is 179 cm³/mol. The van der Waals surface area contributed by atoms with E-state index in [1.807, 2.05) is 43.6 Å². The zero-order chi connectivity index (χ0) is 30.7. The average Bonchev–Trinajstić information content (AvgIpc) is 3.69. The molecule has 44 heavy (non-hydrogen) atoms. The lowest BCUT2D eigenvalue weighted by Gasteiger charge is -2.30. The summed E-state index contributed by atoms with van der Waals surface area (Å²) in [6, 6.07) is 15.3. The van der Waals surface area contributed by atoms with E-state index in [0.717, 1.165) is 91.2 Å². The highest BCUT2D eigenvalue weighted by molar-refractivity contribution is 5.80. The molecule has 0 unspecified atom stereocenters. The van der Waals surface area contributed by atoms with Gasteiger partial charge in [0.25, 0.3) is 0 Å². The monoisotopic (exact) mass is 590 g/mol. The van der Waals surface area contributed by atoms with Crippen LogP contribution >= 0.6 is 0 Å². The van der Waals surface area contributed by atoms with Gasteiger partial charge in [-0.25, -0.2) is 9.97 Å². The zero-order valence-corrected chi connectivity index (χ0v) is 26.2. The van der Waals surface area contributed by atoms with Crippen molar-refractivity contribution in [3.63, 3.8) is 0 Å². The normalized spacial score (nSPS) is 19.1. The molecule has 1 amide bonds. The molecule has 4 heterocycles. The van der Waals surface area contributed by atoms with Crippen LogP contribution in [0.1, 0.15) is 69.6 Å². The van der Waals surface area contributed by atoms with Gasteiger partial charge in [-0.05, 0) is 74.1 Å². The summed E-state index contributed by atoms with van der Waals surface area (Å²) < 4.78 is 2.12. The number of benzene rings is 1. The van der Waals surface area contributed by atoms with Crippen molar-refractivity contribution < 1.29 is 4.79 Å². The van der Waals surface area contributed by atoms with Crippen LogP contribution in [0.25, 0.3) is 22.4 Å². The van der Waals surface area contributed by atoms with Crippen LogP contribution < -0.4 is 5.32 Å². The van der Waals surface area contributed by atoms with E-state index >= 15 is 0 Å². The van der Waals surface area contributed by atoms with E-state index in [1.54, 1.807) is 6.08 Å². The molecule has 2 aliphatic heterocycles. The first-order valence-corrected chi connectivity index (χ1v) is 16.0. The second-order valence-electron chi connectivity index (χ2n) is 11.8. The Hall–Kier alpha value is -4.23. The fourth-order valence-electron chi connectivity index (χ4n) is 6.35. The van der Waals surface area contributed by atoms with Crippen LogP contribution in [0.4, 0.5) is 0 Å². The van der Waals surface area contributed by atoms with E-state index in [-0.39, 0.29) is 11.9 Å². The number of aryl methyl sites for hydroxylation is 1. The second-order valence-corrected chi connectivity index (χ2v) is 11.8. The van der Waals surface area contributed by atoms with Crippen LogP contribution in [0.2, 0.25) is 0 Å². The number of aromatic amines is 1. The van der Waals surface area contributed by atoms with E-state index in [9.17, 15) is 4.79 Å². The van der Waals surface area contributed by atoms with Crippen molar-refractivity contribution in [2.45, 2.75) is 70.4 Å². The van der Waals surface area contributed by atoms with Gasteiger partial charge in [0.2, 0.25) is 5.91 Å². The molecule has 0 radical (unpaired) electrons. The number of likely N-dealkylation sites (tertiary alicyclic amines) is 1. The van der Waals surface area contributed by atoms with Crippen LogP contribution in [0.5, 0.6) is 0 Å². The number of carbonyl (C=O) groups is 1. The molecular formula is C37H46N6O. The number of hydrogen-bond acceptors (Lipinski definition) is 4. The molecule has 0 aliphatic carbocycles. The zero-order valence-electron chi connectivity index (χ0n) is 26.2. The third-order valence-electron chi connectivity index (χ3n) is 8.61. The summed E-state index contributed by atoms with van der Waals surface area (Å²) in [6.07, 6.45) is 21.3. The van der Waals surface area contributed by atoms with Gasteiger partial charge in [0.05, 0.1) is 24.4 Å².